The number of hydrogen-bond donors (Lipinski definition) is 2. The summed E-state index contributed by atoms with van der Waals surface area (Å²) in [6.45, 7) is 3.85. The summed E-state index contributed by atoms with van der Waals surface area (Å²) >= 11 is 0. The average Bonchev–Trinajstić information content (AvgIpc) is 2.30. The minimum Gasteiger partial charge on any atom is -0.384 e. The molecule has 2 heteroatoms. The summed E-state index contributed by atoms with van der Waals surface area (Å²) in [4.78, 5) is 0. The molecule has 1 aliphatic heterocycles. The number of aliphatic hydroxyl groups is 1. The number of β-amino-alcohol motifs (C(OH)–C–C–N with tert-alkyl or cyclic N) is 1. The monoisotopic (exact) mass is 205 g/mol. The molecule has 2 N–H and O–H groups in total. The third-order valence-electron chi connectivity index (χ3n) is 3.26. The first-order chi connectivity index (χ1) is 7.26. The highest BCUT2D eigenvalue weighted by Gasteiger charge is 2.32. The maximum Gasteiger partial charge on any atom is 0.102 e. The Bertz CT molecular complexity index is 329. The lowest BCUT2D eigenvalue weighted by molar-refractivity contribution is 0.0115. The van der Waals surface area contributed by atoms with Gasteiger partial charge in [0, 0.05) is 6.54 Å². The number of benzene rings is 1. The van der Waals surface area contributed by atoms with Crippen molar-refractivity contribution in [1.82, 2.24) is 5.32 Å². The van der Waals surface area contributed by atoms with Gasteiger partial charge in [-0.25, -0.2) is 0 Å². The van der Waals surface area contributed by atoms with Crippen LogP contribution in [0.5, 0.6) is 0 Å². The quantitative estimate of drug-likeness (QED) is 0.772. The van der Waals surface area contributed by atoms with Crippen molar-refractivity contribution in [2.75, 3.05) is 13.1 Å². The maximum absolute atomic E-state index is 10.6. The lowest BCUT2D eigenvalue weighted by atomic mass is 9.83. The van der Waals surface area contributed by atoms with E-state index < -0.39 is 5.60 Å². The van der Waals surface area contributed by atoms with Gasteiger partial charge >= 0.3 is 0 Å². The van der Waals surface area contributed by atoms with E-state index >= 15 is 0 Å². The molecule has 15 heavy (non-hydrogen) atoms. The van der Waals surface area contributed by atoms with Gasteiger partial charge in [-0.3, -0.25) is 0 Å². The van der Waals surface area contributed by atoms with Crippen LogP contribution >= 0.6 is 0 Å². The minimum absolute atomic E-state index is 0.648. The van der Waals surface area contributed by atoms with Gasteiger partial charge in [-0.2, -0.15) is 0 Å². The first kappa shape index (κ1) is 10.7. The second-order valence-electron chi connectivity index (χ2n) is 4.32. The van der Waals surface area contributed by atoms with Crippen LogP contribution in [0.15, 0.2) is 24.3 Å². The van der Waals surface area contributed by atoms with Crippen LogP contribution in [0.4, 0.5) is 0 Å². The Hall–Kier alpha value is -0.860. The average molecular weight is 205 g/mol. The van der Waals surface area contributed by atoms with Crippen LogP contribution in [-0.4, -0.2) is 18.2 Å². The third-order valence-corrected chi connectivity index (χ3v) is 3.26. The number of rotatable bonds is 2. The summed E-state index contributed by atoms with van der Waals surface area (Å²) in [5.74, 6) is 0. The summed E-state index contributed by atoms with van der Waals surface area (Å²) in [7, 11) is 0. The standard InChI is InChI=1S/C13H19NO/c1-2-11-6-3-4-7-12(11)13(15)8-5-9-14-10-13/h3-4,6-7,14-15H,2,5,8-10H2,1H3/t13-/m0/s1. The zero-order valence-corrected chi connectivity index (χ0v) is 9.29. The molecular weight excluding hydrogens is 186 g/mol. The largest absolute Gasteiger partial charge is 0.384 e. The second kappa shape index (κ2) is 4.33. The Labute approximate surface area is 91.3 Å². The molecular formula is C13H19NO. The van der Waals surface area contributed by atoms with Crippen molar-refractivity contribution in [3.05, 3.63) is 35.4 Å². The van der Waals surface area contributed by atoms with Crippen molar-refractivity contribution in [1.29, 1.82) is 0 Å². The van der Waals surface area contributed by atoms with Crippen molar-refractivity contribution in [2.45, 2.75) is 31.8 Å². The number of aryl methyl sites for hydroxylation is 1. The van der Waals surface area contributed by atoms with Crippen LogP contribution in [0, 0.1) is 0 Å². The topological polar surface area (TPSA) is 32.3 Å². The van der Waals surface area contributed by atoms with Crippen LogP contribution < -0.4 is 5.32 Å². The van der Waals surface area contributed by atoms with Crippen LogP contribution in [0.2, 0.25) is 0 Å². The van der Waals surface area contributed by atoms with Crippen LogP contribution in [-0.2, 0) is 12.0 Å². The van der Waals surface area contributed by atoms with Gasteiger partial charge in [0.1, 0.15) is 5.60 Å². The van der Waals surface area contributed by atoms with Gasteiger partial charge in [0.2, 0.25) is 0 Å². The molecule has 2 rings (SSSR count). The fourth-order valence-electron chi connectivity index (χ4n) is 2.40. The predicted octanol–water partition coefficient (Wildman–Crippen LogP) is 1.82. The zero-order chi connectivity index (χ0) is 10.7. The van der Waals surface area contributed by atoms with Gasteiger partial charge in [0.25, 0.3) is 0 Å². The fraction of sp³-hybridized carbons (Fsp3) is 0.538. The minimum atomic E-state index is -0.648. The van der Waals surface area contributed by atoms with Crippen molar-refractivity contribution in [3.63, 3.8) is 0 Å². The van der Waals surface area contributed by atoms with Crippen molar-refractivity contribution >= 4 is 0 Å². The smallest absolute Gasteiger partial charge is 0.102 e. The number of piperidine rings is 1. The molecule has 2 nitrogen and oxygen atoms in total. The molecule has 1 aromatic carbocycles. The molecule has 0 unspecified atom stereocenters. The molecule has 0 aliphatic carbocycles. The van der Waals surface area contributed by atoms with E-state index in [1.165, 1.54) is 5.56 Å². The molecule has 1 aliphatic rings. The van der Waals surface area contributed by atoms with Gasteiger partial charge in [-0.15, -0.1) is 0 Å². The Morgan fingerprint density at radius 1 is 1.40 bits per heavy atom. The molecule has 0 amide bonds. The molecule has 0 aromatic heterocycles. The Morgan fingerprint density at radius 2 is 2.20 bits per heavy atom. The summed E-state index contributed by atoms with van der Waals surface area (Å²) < 4.78 is 0. The molecule has 1 aromatic rings. The van der Waals surface area contributed by atoms with Crippen LogP contribution in [0.3, 0.4) is 0 Å². The molecule has 0 radical (unpaired) electrons. The van der Waals surface area contributed by atoms with E-state index in [1.807, 2.05) is 12.1 Å². The summed E-state index contributed by atoms with van der Waals surface area (Å²) in [5.41, 5.74) is 1.73. The lowest BCUT2D eigenvalue weighted by Crippen LogP contribution is -2.43. The molecule has 0 bridgehead atoms. The van der Waals surface area contributed by atoms with E-state index in [-0.39, 0.29) is 0 Å². The van der Waals surface area contributed by atoms with Crippen molar-refractivity contribution in [3.8, 4) is 0 Å². The number of nitrogens with one attached hydrogen (secondary N) is 1. The molecule has 1 saturated heterocycles. The maximum atomic E-state index is 10.6. The Balaban J connectivity index is 2.34. The molecule has 0 spiro atoms. The van der Waals surface area contributed by atoms with E-state index in [0.717, 1.165) is 31.4 Å². The van der Waals surface area contributed by atoms with E-state index in [4.69, 9.17) is 0 Å². The van der Waals surface area contributed by atoms with Crippen molar-refractivity contribution in [2.24, 2.45) is 0 Å². The highest BCUT2D eigenvalue weighted by atomic mass is 16.3. The van der Waals surface area contributed by atoms with Gasteiger partial charge < -0.3 is 10.4 Å². The van der Waals surface area contributed by atoms with Gasteiger partial charge in [0.15, 0.2) is 0 Å². The van der Waals surface area contributed by atoms with E-state index in [1.54, 1.807) is 0 Å². The molecule has 0 saturated carbocycles. The summed E-state index contributed by atoms with van der Waals surface area (Å²) in [5, 5.41) is 13.9. The molecule has 1 fully saturated rings. The lowest BCUT2D eigenvalue weighted by Gasteiger charge is -2.34. The van der Waals surface area contributed by atoms with Gasteiger partial charge in [-0.05, 0) is 36.9 Å². The highest BCUT2D eigenvalue weighted by molar-refractivity contribution is 5.33. The zero-order valence-electron chi connectivity index (χ0n) is 9.29. The first-order valence-corrected chi connectivity index (χ1v) is 5.78. The fourth-order valence-corrected chi connectivity index (χ4v) is 2.40. The van der Waals surface area contributed by atoms with Gasteiger partial charge in [0.05, 0.1) is 0 Å². The summed E-state index contributed by atoms with van der Waals surface area (Å²) in [6.07, 6.45) is 2.91. The molecule has 1 heterocycles. The van der Waals surface area contributed by atoms with Crippen molar-refractivity contribution < 1.29 is 5.11 Å². The normalized spacial score (nSPS) is 26.5. The molecule has 1 atom stereocenters. The molecule has 82 valence electrons. The highest BCUT2D eigenvalue weighted by Crippen LogP contribution is 2.30. The Kier molecular flexibility index (Phi) is 3.08. The second-order valence-corrected chi connectivity index (χ2v) is 4.32. The van der Waals surface area contributed by atoms with E-state index in [9.17, 15) is 5.11 Å². The van der Waals surface area contributed by atoms with E-state index in [0.29, 0.717) is 6.54 Å². The first-order valence-electron chi connectivity index (χ1n) is 5.78. The van der Waals surface area contributed by atoms with Crippen LogP contribution in [0.25, 0.3) is 0 Å². The van der Waals surface area contributed by atoms with Gasteiger partial charge in [-0.1, -0.05) is 31.2 Å². The Morgan fingerprint density at radius 3 is 2.87 bits per heavy atom. The summed E-state index contributed by atoms with van der Waals surface area (Å²) in [6, 6.07) is 8.23. The number of hydrogen-bond acceptors (Lipinski definition) is 2. The SMILES string of the molecule is CCc1ccccc1[C@]1(O)CCCNC1. The predicted molar refractivity (Wildman–Crippen MR) is 61.8 cm³/mol. The van der Waals surface area contributed by atoms with Crippen LogP contribution in [0.1, 0.15) is 30.9 Å². The van der Waals surface area contributed by atoms with E-state index in [2.05, 4.69) is 24.4 Å². The third kappa shape index (κ3) is 2.06.